The van der Waals surface area contributed by atoms with Gasteiger partial charge in [0.1, 0.15) is 17.0 Å². The maximum absolute atomic E-state index is 8.58. The Balaban J connectivity index is 0.000000569. The lowest BCUT2D eigenvalue weighted by Crippen LogP contribution is -2.02. The molecule has 0 radical (unpaired) electrons. The first-order valence-corrected chi connectivity index (χ1v) is 8.26. The van der Waals surface area contributed by atoms with Crippen molar-refractivity contribution in [2.75, 3.05) is 18.5 Å². The van der Waals surface area contributed by atoms with Crippen LogP contribution in [0.1, 0.15) is 13.3 Å². The molecule has 25 heavy (non-hydrogen) atoms. The second-order valence-corrected chi connectivity index (χ2v) is 5.51. The summed E-state index contributed by atoms with van der Waals surface area (Å²) >= 11 is 0. The number of aromatic nitrogens is 3. The second-order valence-electron chi connectivity index (χ2n) is 5.51. The smallest absolute Gasteiger partial charge is 0.204 e. The van der Waals surface area contributed by atoms with Crippen molar-refractivity contribution in [3.63, 3.8) is 0 Å². The Morgan fingerprint density at radius 3 is 2.96 bits per heavy atom. The number of pyridine rings is 1. The summed E-state index contributed by atoms with van der Waals surface area (Å²) in [6.07, 6.45) is 3.02. The van der Waals surface area contributed by atoms with E-state index < -0.39 is 0 Å². The highest BCUT2D eigenvalue weighted by Crippen LogP contribution is 2.35. The summed E-state index contributed by atoms with van der Waals surface area (Å²) in [4.78, 5) is 17.9. The van der Waals surface area contributed by atoms with E-state index in [0.29, 0.717) is 0 Å². The highest BCUT2D eigenvalue weighted by Gasteiger charge is 2.20. The summed E-state index contributed by atoms with van der Waals surface area (Å²) in [7, 11) is 0. The van der Waals surface area contributed by atoms with Crippen LogP contribution in [0.15, 0.2) is 36.5 Å². The Kier molecular flexibility index (Phi) is 5.13. The predicted molar refractivity (Wildman–Crippen MR) is 97.5 cm³/mol. The zero-order valence-electron chi connectivity index (χ0n) is 14.1. The fraction of sp³-hybridized carbons (Fsp3) is 0.278. The molecular weight excluding hydrogens is 318 g/mol. The third-order valence-electron chi connectivity index (χ3n) is 3.87. The van der Waals surface area contributed by atoms with Crippen LogP contribution in [-0.4, -0.2) is 34.1 Å². The number of hydrogen-bond acceptors (Lipinski definition) is 5. The third-order valence-corrected chi connectivity index (χ3v) is 3.87. The Morgan fingerprint density at radius 2 is 2.24 bits per heavy atom. The molecule has 0 atom stereocenters. The van der Waals surface area contributed by atoms with Gasteiger partial charge in [0, 0.05) is 31.0 Å². The van der Waals surface area contributed by atoms with E-state index >= 15 is 0 Å². The molecule has 7 heteroatoms. The molecule has 3 heterocycles. The van der Waals surface area contributed by atoms with E-state index in [2.05, 4.69) is 39.7 Å². The average Bonchev–Trinajstić information content (AvgIpc) is 2.85. The number of primary amides is 1. The van der Waals surface area contributed by atoms with Crippen LogP contribution in [0.5, 0.6) is 5.75 Å². The van der Waals surface area contributed by atoms with E-state index in [9.17, 15) is 0 Å². The van der Waals surface area contributed by atoms with Gasteiger partial charge in [0.15, 0.2) is 5.82 Å². The summed E-state index contributed by atoms with van der Waals surface area (Å²) in [5.41, 5.74) is 8.14. The number of nitrogens with one attached hydrogen (secondary N) is 1. The number of carbonyl (C=O) groups excluding carboxylic acids is 1. The zero-order valence-corrected chi connectivity index (χ0v) is 14.1. The SMILES string of the molecule is CCNc1cc2c3c(c1)nc(-c1ccccn1)n3CCCO2.NC=O. The highest BCUT2D eigenvalue weighted by atomic mass is 16.5. The van der Waals surface area contributed by atoms with Crippen LogP contribution in [0, 0.1) is 0 Å². The van der Waals surface area contributed by atoms with Crippen molar-refractivity contribution in [3.05, 3.63) is 36.5 Å². The van der Waals surface area contributed by atoms with Crippen LogP contribution in [0.3, 0.4) is 0 Å². The fourth-order valence-corrected chi connectivity index (χ4v) is 2.96. The molecule has 0 bridgehead atoms. The number of nitrogens with two attached hydrogens (primary N) is 1. The van der Waals surface area contributed by atoms with Crippen molar-refractivity contribution in [2.45, 2.75) is 19.9 Å². The van der Waals surface area contributed by atoms with Crippen LogP contribution >= 0.6 is 0 Å². The zero-order chi connectivity index (χ0) is 17.6. The van der Waals surface area contributed by atoms with Gasteiger partial charge >= 0.3 is 0 Å². The summed E-state index contributed by atoms with van der Waals surface area (Å²) in [6.45, 7) is 4.59. The van der Waals surface area contributed by atoms with Gasteiger partial charge in [0.05, 0.1) is 12.1 Å². The first-order valence-electron chi connectivity index (χ1n) is 8.26. The molecule has 130 valence electrons. The minimum atomic E-state index is 0.250. The molecule has 7 nitrogen and oxygen atoms in total. The van der Waals surface area contributed by atoms with Gasteiger partial charge in [-0.2, -0.15) is 0 Å². The van der Waals surface area contributed by atoms with E-state index in [1.165, 1.54) is 0 Å². The molecule has 1 amide bonds. The molecular formula is C18H21N5O2. The van der Waals surface area contributed by atoms with Gasteiger partial charge in [-0.15, -0.1) is 0 Å². The number of imidazole rings is 1. The van der Waals surface area contributed by atoms with E-state index in [4.69, 9.17) is 14.5 Å². The molecule has 4 rings (SSSR count). The monoisotopic (exact) mass is 339 g/mol. The summed E-state index contributed by atoms with van der Waals surface area (Å²) in [5.74, 6) is 1.82. The Morgan fingerprint density at radius 1 is 1.40 bits per heavy atom. The lowest BCUT2D eigenvalue weighted by atomic mass is 10.2. The third kappa shape index (κ3) is 3.40. The normalized spacial score (nSPS) is 12.5. The van der Waals surface area contributed by atoms with Gasteiger partial charge in [0.25, 0.3) is 0 Å². The minimum Gasteiger partial charge on any atom is -0.491 e. The van der Waals surface area contributed by atoms with Gasteiger partial charge in [-0.05, 0) is 31.5 Å². The summed E-state index contributed by atoms with van der Waals surface area (Å²) in [5, 5.41) is 3.34. The largest absolute Gasteiger partial charge is 0.491 e. The number of aryl methyl sites for hydroxylation is 1. The van der Waals surface area contributed by atoms with E-state index in [1.807, 2.05) is 18.2 Å². The molecule has 0 saturated carbocycles. The number of amides is 1. The fourth-order valence-electron chi connectivity index (χ4n) is 2.96. The quantitative estimate of drug-likeness (QED) is 0.715. The number of anilines is 1. The predicted octanol–water partition coefficient (Wildman–Crippen LogP) is 2.41. The van der Waals surface area contributed by atoms with E-state index in [1.54, 1.807) is 6.20 Å². The van der Waals surface area contributed by atoms with E-state index in [0.717, 1.165) is 60.1 Å². The molecule has 0 unspecified atom stereocenters. The molecule has 0 saturated heterocycles. The summed E-state index contributed by atoms with van der Waals surface area (Å²) < 4.78 is 8.17. The molecule has 3 aromatic rings. The van der Waals surface area contributed by atoms with Crippen LogP contribution in [0.25, 0.3) is 22.6 Å². The minimum absolute atomic E-state index is 0.250. The number of benzene rings is 1. The number of nitrogens with zero attached hydrogens (tertiary/aromatic N) is 3. The molecule has 0 fully saturated rings. The Hall–Kier alpha value is -3.09. The summed E-state index contributed by atoms with van der Waals surface area (Å²) in [6, 6.07) is 10.1. The van der Waals surface area contributed by atoms with Crippen LogP contribution in [0.4, 0.5) is 5.69 Å². The maximum Gasteiger partial charge on any atom is 0.204 e. The highest BCUT2D eigenvalue weighted by molar-refractivity contribution is 5.89. The molecule has 0 aliphatic carbocycles. The molecule has 1 aliphatic rings. The number of ether oxygens (including phenoxy) is 1. The van der Waals surface area contributed by atoms with Gasteiger partial charge in [-0.3, -0.25) is 9.78 Å². The van der Waals surface area contributed by atoms with Crippen molar-refractivity contribution in [3.8, 4) is 17.3 Å². The van der Waals surface area contributed by atoms with Gasteiger partial charge in [-0.25, -0.2) is 4.98 Å². The molecule has 2 aromatic heterocycles. The molecule has 1 aromatic carbocycles. The van der Waals surface area contributed by atoms with Gasteiger partial charge in [0.2, 0.25) is 6.41 Å². The molecule has 3 N–H and O–H groups in total. The number of carbonyl (C=O) groups is 1. The van der Waals surface area contributed by atoms with Crippen LogP contribution in [-0.2, 0) is 11.3 Å². The van der Waals surface area contributed by atoms with Gasteiger partial charge in [-0.1, -0.05) is 6.07 Å². The lowest BCUT2D eigenvalue weighted by Gasteiger charge is -2.08. The standard InChI is InChI=1S/C17H18N4O.CH3NO/c1-2-18-12-10-14-16-15(11-12)22-9-5-8-21(16)17(20-14)13-6-3-4-7-19-13;2-1-3/h3-4,6-7,10-11,18H,2,5,8-9H2,1H3;1H,(H2,2,3). The van der Waals surface area contributed by atoms with E-state index in [-0.39, 0.29) is 6.41 Å². The molecule has 0 spiro atoms. The second kappa shape index (κ2) is 7.65. The number of hydrogen-bond donors (Lipinski definition) is 2. The Labute approximate surface area is 145 Å². The first-order chi connectivity index (χ1) is 12.3. The first kappa shape index (κ1) is 16.8. The van der Waals surface area contributed by atoms with Gasteiger partial charge < -0.3 is 20.4 Å². The lowest BCUT2D eigenvalue weighted by molar-refractivity contribution is -0.106. The van der Waals surface area contributed by atoms with Crippen molar-refractivity contribution in [1.82, 2.24) is 14.5 Å². The van der Waals surface area contributed by atoms with Crippen molar-refractivity contribution in [2.24, 2.45) is 5.73 Å². The topological polar surface area (TPSA) is 95.1 Å². The van der Waals surface area contributed by atoms with Crippen molar-refractivity contribution < 1.29 is 9.53 Å². The number of rotatable bonds is 3. The van der Waals surface area contributed by atoms with Crippen LogP contribution < -0.4 is 15.8 Å². The maximum atomic E-state index is 8.58. The van der Waals surface area contributed by atoms with Crippen molar-refractivity contribution in [1.29, 1.82) is 0 Å². The molecule has 1 aliphatic heterocycles. The average molecular weight is 339 g/mol. The Bertz CT molecular complexity index is 861. The van der Waals surface area contributed by atoms with Crippen LogP contribution in [0.2, 0.25) is 0 Å². The van der Waals surface area contributed by atoms with Crippen molar-refractivity contribution >= 4 is 23.1 Å².